The number of hydrogen-bond donors (Lipinski definition) is 0. The molecule has 0 bridgehead atoms. The van der Waals surface area contributed by atoms with Gasteiger partial charge in [-0.05, 0) is 75.3 Å². The first-order valence-electron chi connectivity index (χ1n) is 13.1. The normalized spacial score (nSPS) is 15.1. The van der Waals surface area contributed by atoms with Crippen molar-refractivity contribution in [2.45, 2.75) is 97.3 Å². The maximum absolute atomic E-state index is 13.2. The molecule has 3 aromatic rings. The van der Waals surface area contributed by atoms with Crippen LogP contribution in [0.3, 0.4) is 0 Å². The predicted octanol–water partition coefficient (Wildman–Crippen LogP) is 7.82. The summed E-state index contributed by atoms with van der Waals surface area (Å²) in [4.78, 5) is 23.3. The fraction of sp³-hybridized carbons (Fsp3) is 0.552. The van der Waals surface area contributed by atoms with Gasteiger partial charge in [-0.1, -0.05) is 44.7 Å². The lowest BCUT2D eigenvalue weighted by Gasteiger charge is -2.25. The average molecular weight is 481 g/mol. The number of rotatable bonds is 8. The number of unbranched alkanes of at least 4 members (excludes halogenated alkanes) is 1. The van der Waals surface area contributed by atoms with Crippen molar-refractivity contribution in [3.63, 3.8) is 0 Å². The van der Waals surface area contributed by atoms with Gasteiger partial charge in [-0.25, -0.2) is 14.6 Å². The summed E-state index contributed by atoms with van der Waals surface area (Å²) in [5.41, 5.74) is 5.14. The topological polar surface area (TPSA) is 54.6 Å². The van der Waals surface area contributed by atoms with E-state index in [9.17, 15) is 4.79 Å². The number of carbonyl (C=O) groups is 1. The van der Waals surface area contributed by atoms with E-state index in [-0.39, 0.29) is 6.09 Å². The summed E-state index contributed by atoms with van der Waals surface area (Å²) in [5.74, 6) is 0.479. The highest BCUT2D eigenvalue weighted by Gasteiger charge is 2.29. The summed E-state index contributed by atoms with van der Waals surface area (Å²) < 4.78 is 9.88. The van der Waals surface area contributed by atoms with Gasteiger partial charge in [0.1, 0.15) is 12.2 Å². The van der Waals surface area contributed by atoms with Crippen molar-refractivity contribution >= 4 is 17.0 Å². The third-order valence-electron chi connectivity index (χ3n) is 6.84. The molecule has 4 rings (SSSR count). The third-order valence-corrected chi connectivity index (χ3v) is 6.84. The largest absolute Gasteiger partial charge is 0.443 e. The van der Waals surface area contributed by atoms with Crippen LogP contribution in [0.4, 0.5) is 4.79 Å². The molecule has 0 atom stereocenters. The quantitative estimate of drug-likeness (QED) is 0.244. The first-order valence-corrected chi connectivity index (χ1v) is 13.1. The lowest BCUT2D eigenvalue weighted by atomic mass is 9.82. The second-order valence-corrected chi connectivity index (χ2v) is 10.6. The number of hydrogen-bond acceptors (Lipinski definition) is 4. The van der Waals surface area contributed by atoms with E-state index in [2.05, 4.69) is 35.8 Å². The molecule has 1 saturated carbocycles. The molecule has 1 fully saturated rings. The Labute approximate surface area is 209 Å². The Kier molecular flexibility index (Phi) is 8.02. The van der Waals surface area contributed by atoms with Crippen molar-refractivity contribution in [1.82, 2.24) is 9.13 Å². The van der Waals surface area contributed by atoms with Gasteiger partial charge in [0.05, 0.1) is 18.5 Å². The van der Waals surface area contributed by atoms with Gasteiger partial charge < -0.3 is 9.30 Å². The molecular weight excluding hydrogens is 440 g/mol. The van der Waals surface area contributed by atoms with E-state index < -0.39 is 5.60 Å². The molecular formula is C29H40N2O4. The molecule has 2 heterocycles. The van der Waals surface area contributed by atoms with E-state index in [1.165, 1.54) is 55.7 Å². The van der Waals surface area contributed by atoms with E-state index >= 15 is 0 Å². The summed E-state index contributed by atoms with van der Waals surface area (Å²) >= 11 is 0. The van der Waals surface area contributed by atoms with Gasteiger partial charge in [-0.2, -0.15) is 0 Å². The number of ether oxygens (including phenoxy) is 1. The van der Waals surface area contributed by atoms with Crippen LogP contribution in [-0.4, -0.2) is 27.9 Å². The lowest BCUT2D eigenvalue weighted by molar-refractivity contribution is -0.282. The Hall–Kier alpha value is -2.57. The number of carbonyl (C=O) groups excluding carboxylic acids is 1. The minimum atomic E-state index is -0.560. The number of fused-ring (bicyclic) bond motifs is 1. The Morgan fingerprint density at radius 3 is 2.57 bits per heavy atom. The second kappa shape index (κ2) is 11.0. The number of aromatic nitrogens is 2. The number of aryl methyl sites for hydroxylation is 1. The third kappa shape index (κ3) is 5.65. The molecule has 6 nitrogen and oxygen atoms in total. The van der Waals surface area contributed by atoms with Crippen LogP contribution in [0, 0.1) is 0 Å². The number of nitrogens with zero attached hydrogens (tertiary/aromatic N) is 2. The van der Waals surface area contributed by atoms with E-state index in [4.69, 9.17) is 14.5 Å². The maximum Gasteiger partial charge on any atom is 0.419 e. The van der Waals surface area contributed by atoms with Gasteiger partial charge in [-0.3, -0.25) is 4.57 Å². The fourth-order valence-electron chi connectivity index (χ4n) is 5.31. The maximum atomic E-state index is 13.2. The van der Waals surface area contributed by atoms with Crippen LogP contribution >= 0.6 is 0 Å². The SMILES string of the molecule is CCCCn1c(-c2cccn2C(=O)OC(C)(C)C)c(C2CCCCC2)c2ccc(COOC)cc21. The number of benzene rings is 1. The van der Waals surface area contributed by atoms with E-state index in [0.29, 0.717) is 12.5 Å². The van der Waals surface area contributed by atoms with Crippen molar-refractivity contribution in [3.05, 3.63) is 47.7 Å². The van der Waals surface area contributed by atoms with Crippen LogP contribution in [0.2, 0.25) is 0 Å². The molecule has 1 aliphatic rings. The average Bonchev–Trinajstić information content (AvgIpc) is 3.43. The molecule has 0 radical (unpaired) electrons. The van der Waals surface area contributed by atoms with Crippen LogP contribution in [0.15, 0.2) is 36.5 Å². The first kappa shape index (κ1) is 25.5. The van der Waals surface area contributed by atoms with Gasteiger partial charge >= 0.3 is 6.09 Å². The highest BCUT2D eigenvalue weighted by Crippen LogP contribution is 2.44. The molecule has 0 amide bonds. The lowest BCUT2D eigenvalue weighted by Crippen LogP contribution is -2.27. The zero-order valence-electron chi connectivity index (χ0n) is 21.9. The summed E-state index contributed by atoms with van der Waals surface area (Å²) in [6, 6.07) is 10.6. The smallest absolute Gasteiger partial charge is 0.419 e. The zero-order chi connectivity index (χ0) is 25.0. The highest BCUT2D eigenvalue weighted by atomic mass is 17.2. The molecule has 190 valence electrons. The minimum absolute atomic E-state index is 0.339. The van der Waals surface area contributed by atoms with Crippen LogP contribution in [0.5, 0.6) is 0 Å². The fourth-order valence-corrected chi connectivity index (χ4v) is 5.31. The monoisotopic (exact) mass is 480 g/mol. The molecule has 0 unspecified atom stereocenters. The highest BCUT2D eigenvalue weighted by molar-refractivity contribution is 5.94. The van der Waals surface area contributed by atoms with E-state index in [1.807, 2.05) is 33.0 Å². The van der Waals surface area contributed by atoms with Gasteiger partial charge in [0, 0.05) is 23.6 Å². The molecule has 0 saturated heterocycles. The van der Waals surface area contributed by atoms with Gasteiger partial charge in [-0.15, -0.1) is 0 Å². The van der Waals surface area contributed by atoms with Crippen molar-refractivity contribution < 1.29 is 19.3 Å². The molecule has 35 heavy (non-hydrogen) atoms. The first-order chi connectivity index (χ1) is 16.8. The van der Waals surface area contributed by atoms with Crippen molar-refractivity contribution in [3.8, 4) is 11.4 Å². The summed E-state index contributed by atoms with van der Waals surface area (Å²) in [6.07, 6.45) is 9.80. The molecule has 6 heteroatoms. The van der Waals surface area contributed by atoms with E-state index in [1.54, 1.807) is 4.57 Å². The van der Waals surface area contributed by atoms with Crippen molar-refractivity contribution in [1.29, 1.82) is 0 Å². The summed E-state index contributed by atoms with van der Waals surface area (Å²) in [5, 5.41) is 1.28. The van der Waals surface area contributed by atoms with E-state index in [0.717, 1.165) is 36.3 Å². The predicted molar refractivity (Wildman–Crippen MR) is 140 cm³/mol. The second-order valence-electron chi connectivity index (χ2n) is 10.6. The molecule has 0 spiro atoms. The minimum Gasteiger partial charge on any atom is -0.443 e. The molecule has 1 aromatic carbocycles. The Bertz CT molecular complexity index is 1150. The van der Waals surface area contributed by atoms with Gasteiger partial charge in [0.2, 0.25) is 0 Å². The molecule has 1 aliphatic carbocycles. The molecule has 2 aromatic heterocycles. The van der Waals surface area contributed by atoms with Gasteiger partial charge in [0.15, 0.2) is 0 Å². The Balaban J connectivity index is 1.94. The van der Waals surface area contributed by atoms with Gasteiger partial charge in [0.25, 0.3) is 0 Å². The molecule has 0 aliphatic heterocycles. The summed E-state index contributed by atoms with van der Waals surface area (Å²) in [6.45, 7) is 9.22. The Morgan fingerprint density at radius 2 is 1.89 bits per heavy atom. The van der Waals surface area contributed by atoms with Crippen LogP contribution in [-0.2, 0) is 27.7 Å². The zero-order valence-corrected chi connectivity index (χ0v) is 21.9. The van der Waals surface area contributed by atoms with Crippen LogP contribution in [0.1, 0.15) is 89.7 Å². The summed E-state index contributed by atoms with van der Waals surface area (Å²) in [7, 11) is 1.53. The Morgan fingerprint density at radius 1 is 1.11 bits per heavy atom. The van der Waals surface area contributed by atoms with Crippen molar-refractivity contribution in [2.24, 2.45) is 0 Å². The molecule has 0 N–H and O–H groups in total. The van der Waals surface area contributed by atoms with Crippen LogP contribution in [0.25, 0.3) is 22.3 Å². The standard InChI is InChI=1S/C29H40N2O4/c1-6-7-17-30-25-19-21(20-34-33-5)15-16-23(25)26(22-12-9-8-10-13-22)27(30)24-14-11-18-31(24)28(32)35-29(2,3)4/h11,14-16,18-19,22H,6-10,12-13,17,20H2,1-5H3. The van der Waals surface area contributed by atoms with Crippen LogP contribution < -0.4 is 0 Å². The van der Waals surface area contributed by atoms with Crippen molar-refractivity contribution in [2.75, 3.05) is 7.11 Å².